The minimum absolute atomic E-state index is 0.155. The molecule has 0 amide bonds. The van der Waals surface area contributed by atoms with E-state index < -0.39 is 0 Å². The maximum absolute atomic E-state index is 4.45. The molecule has 1 aromatic carbocycles. The second kappa shape index (κ2) is 4.40. The molecular formula is C14H17N3. The quantitative estimate of drug-likeness (QED) is 0.756. The standard InChI is InChI=1S/C14H17N3/c1-2-6-12(7-3-1)10-14(11-15-17-16-14)13-8-4-5-9-13/h1-3,6-7,11,13H,4-5,8-10H2. The molecule has 3 heteroatoms. The van der Waals surface area contributed by atoms with Gasteiger partial charge in [-0.1, -0.05) is 43.2 Å². The van der Waals surface area contributed by atoms with Gasteiger partial charge < -0.3 is 0 Å². The molecule has 88 valence electrons. The second-order valence-corrected chi connectivity index (χ2v) is 5.07. The van der Waals surface area contributed by atoms with Crippen LogP contribution in [-0.2, 0) is 6.42 Å². The van der Waals surface area contributed by atoms with Gasteiger partial charge in [0.05, 0.1) is 6.21 Å². The smallest absolute Gasteiger partial charge is 0.127 e. The van der Waals surface area contributed by atoms with E-state index in [1.54, 1.807) is 0 Å². The molecule has 1 aliphatic heterocycles. The zero-order valence-electron chi connectivity index (χ0n) is 9.92. The van der Waals surface area contributed by atoms with Crippen molar-refractivity contribution in [2.24, 2.45) is 21.4 Å². The maximum Gasteiger partial charge on any atom is 0.127 e. The van der Waals surface area contributed by atoms with Crippen molar-refractivity contribution in [1.82, 2.24) is 0 Å². The van der Waals surface area contributed by atoms with Crippen molar-refractivity contribution in [3.05, 3.63) is 35.9 Å². The zero-order chi connectivity index (χ0) is 11.6. The van der Waals surface area contributed by atoms with Gasteiger partial charge in [-0.3, -0.25) is 0 Å². The average molecular weight is 227 g/mol. The largest absolute Gasteiger partial charge is 0.156 e. The van der Waals surface area contributed by atoms with Gasteiger partial charge in [0, 0.05) is 6.42 Å². The summed E-state index contributed by atoms with van der Waals surface area (Å²) in [6.45, 7) is 0. The Bertz CT molecular complexity index is 418. The van der Waals surface area contributed by atoms with Crippen molar-refractivity contribution in [2.45, 2.75) is 37.6 Å². The van der Waals surface area contributed by atoms with Gasteiger partial charge in [0.15, 0.2) is 0 Å². The predicted molar refractivity (Wildman–Crippen MR) is 68.2 cm³/mol. The third-order valence-electron chi connectivity index (χ3n) is 3.96. The summed E-state index contributed by atoms with van der Waals surface area (Å²) in [7, 11) is 0. The molecule has 3 rings (SSSR count). The lowest BCUT2D eigenvalue weighted by molar-refractivity contribution is 0.365. The first kappa shape index (κ1) is 10.6. The van der Waals surface area contributed by atoms with E-state index in [2.05, 4.69) is 45.8 Å². The molecule has 0 saturated heterocycles. The van der Waals surface area contributed by atoms with E-state index in [9.17, 15) is 0 Å². The summed E-state index contributed by atoms with van der Waals surface area (Å²) < 4.78 is 0. The Hall–Kier alpha value is -1.51. The fourth-order valence-electron chi connectivity index (χ4n) is 3.02. The average Bonchev–Trinajstić information content (AvgIpc) is 3.01. The Morgan fingerprint density at radius 1 is 1.12 bits per heavy atom. The highest BCUT2D eigenvalue weighted by atomic mass is 15.4. The molecule has 0 bridgehead atoms. The minimum atomic E-state index is -0.155. The van der Waals surface area contributed by atoms with Gasteiger partial charge in [-0.05, 0) is 29.5 Å². The van der Waals surface area contributed by atoms with Crippen LogP contribution in [0.3, 0.4) is 0 Å². The number of nitrogens with zero attached hydrogens (tertiary/aromatic N) is 3. The third kappa shape index (κ3) is 2.02. The molecule has 1 aliphatic carbocycles. The van der Waals surface area contributed by atoms with Crippen molar-refractivity contribution < 1.29 is 0 Å². The molecule has 3 nitrogen and oxygen atoms in total. The van der Waals surface area contributed by atoms with Gasteiger partial charge in [-0.15, -0.1) is 5.10 Å². The second-order valence-electron chi connectivity index (χ2n) is 5.07. The molecule has 1 fully saturated rings. The molecule has 1 atom stereocenters. The van der Waals surface area contributed by atoms with E-state index in [0.717, 1.165) is 6.42 Å². The van der Waals surface area contributed by atoms with E-state index >= 15 is 0 Å². The molecule has 1 aromatic rings. The van der Waals surface area contributed by atoms with E-state index in [1.165, 1.54) is 31.2 Å². The van der Waals surface area contributed by atoms with E-state index in [0.29, 0.717) is 5.92 Å². The van der Waals surface area contributed by atoms with E-state index in [-0.39, 0.29) is 5.54 Å². The fraction of sp³-hybridized carbons (Fsp3) is 0.500. The van der Waals surface area contributed by atoms with Gasteiger partial charge in [0.25, 0.3) is 0 Å². The number of benzene rings is 1. The highest BCUT2D eigenvalue weighted by Gasteiger charge is 2.41. The Morgan fingerprint density at radius 2 is 1.88 bits per heavy atom. The topological polar surface area (TPSA) is 37.1 Å². The first-order chi connectivity index (χ1) is 8.39. The van der Waals surface area contributed by atoms with E-state index in [4.69, 9.17) is 0 Å². The lowest BCUT2D eigenvalue weighted by Crippen LogP contribution is -2.37. The summed E-state index contributed by atoms with van der Waals surface area (Å²) in [6.07, 6.45) is 8.08. The molecule has 1 heterocycles. The number of hydrogen-bond acceptors (Lipinski definition) is 3. The van der Waals surface area contributed by atoms with Crippen LogP contribution >= 0.6 is 0 Å². The number of rotatable bonds is 3. The molecule has 2 aliphatic rings. The molecule has 0 radical (unpaired) electrons. The third-order valence-corrected chi connectivity index (χ3v) is 3.96. The van der Waals surface area contributed by atoms with Crippen LogP contribution in [0.25, 0.3) is 0 Å². The van der Waals surface area contributed by atoms with Crippen LogP contribution < -0.4 is 0 Å². The number of hydrogen-bond donors (Lipinski definition) is 0. The normalized spacial score (nSPS) is 28.0. The van der Waals surface area contributed by atoms with Crippen molar-refractivity contribution >= 4 is 6.21 Å². The van der Waals surface area contributed by atoms with Gasteiger partial charge in [0.1, 0.15) is 5.54 Å². The highest BCUT2D eigenvalue weighted by molar-refractivity contribution is 5.72. The van der Waals surface area contributed by atoms with E-state index in [1.807, 2.05) is 6.21 Å². The lowest BCUT2D eigenvalue weighted by Gasteiger charge is -2.28. The monoisotopic (exact) mass is 227 g/mol. The zero-order valence-corrected chi connectivity index (χ0v) is 9.92. The maximum atomic E-state index is 4.45. The molecule has 17 heavy (non-hydrogen) atoms. The lowest BCUT2D eigenvalue weighted by atomic mass is 9.79. The molecule has 0 aromatic heterocycles. The van der Waals surface area contributed by atoms with Crippen LogP contribution in [0.4, 0.5) is 0 Å². The summed E-state index contributed by atoms with van der Waals surface area (Å²) in [5, 5.41) is 12.3. The Morgan fingerprint density at radius 3 is 2.53 bits per heavy atom. The van der Waals surface area contributed by atoms with Crippen LogP contribution in [-0.4, -0.2) is 11.8 Å². The molecule has 1 saturated carbocycles. The van der Waals surface area contributed by atoms with Crippen molar-refractivity contribution in [3.63, 3.8) is 0 Å². The minimum Gasteiger partial charge on any atom is -0.156 e. The first-order valence-electron chi connectivity index (χ1n) is 6.39. The van der Waals surface area contributed by atoms with Crippen LogP contribution in [0.2, 0.25) is 0 Å². The fourth-order valence-corrected chi connectivity index (χ4v) is 3.02. The van der Waals surface area contributed by atoms with Crippen LogP contribution in [0, 0.1) is 5.92 Å². The van der Waals surface area contributed by atoms with Crippen LogP contribution in [0.1, 0.15) is 31.2 Å². The Labute approximate surface area is 102 Å². The van der Waals surface area contributed by atoms with Crippen molar-refractivity contribution in [1.29, 1.82) is 0 Å². The molecule has 1 unspecified atom stereocenters. The Kier molecular flexibility index (Phi) is 2.75. The summed E-state index contributed by atoms with van der Waals surface area (Å²) in [6, 6.07) is 10.6. The molecule has 0 N–H and O–H groups in total. The summed E-state index contributed by atoms with van der Waals surface area (Å²) in [4.78, 5) is 0. The summed E-state index contributed by atoms with van der Waals surface area (Å²) in [5.41, 5.74) is 1.17. The summed E-state index contributed by atoms with van der Waals surface area (Å²) >= 11 is 0. The van der Waals surface area contributed by atoms with Gasteiger partial charge in [0.2, 0.25) is 0 Å². The SMILES string of the molecule is C1=NN=NC1(Cc1ccccc1)C1CCCC1. The predicted octanol–water partition coefficient (Wildman–Crippen LogP) is 3.61. The molecule has 0 spiro atoms. The van der Waals surface area contributed by atoms with Gasteiger partial charge in [-0.25, -0.2) is 0 Å². The van der Waals surface area contributed by atoms with Crippen LogP contribution in [0.5, 0.6) is 0 Å². The van der Waals surface area contributed by atoms with Crippen molar-refractivity contribution in [2.75, 3.05) is 0 Å². The summed E-state index contributed by atoms with van der Waals surface area (Å²) in [5.74, 6) is 0.623. The van der Waals surface area contributed by atoms with Gasteiger partial charge in [-0.2, -0.15) is 5.11 Å². The first-order valence-corrected chi connectivity index (χ1v) is 6.39. The molecular weight excluding hydrogens is 210 g/mol. The highest BCUT2D eigenvalue weighted by Crippen LogP contribution is 2.39. The van der Waals surface area contributed by atoms with Crippen molar-refractivity contribution in [3.8, 4) is 0 Å². The van der Waals surface area contributed by atoms with Gasteiger partial charge >= 0.3 is 0 Å². The Balaban J connectivity index is 1.85. The van der Waals surface area contributed by atoms with Crippen LogP contribution in [0.15, 0.2) is 45.8 Å².